The molecule has 270 valence electrons. The Kier molecular flexibility index (Phi) is 7.30. The predicted molar refractivity (Wildman–Crippen MR) is 227 cm³/mol. The maximum absolute atomic E-state index is 6.95. The van der Waals surface area contributed by atoms with E-state index in [4.69, 9.17) is 14.2 Å². The second-order valence-corrected chi connectivity index (χ2v) is 20.9. The molecule has 55 heavy (non-hydrogen) atoms. The summed E-state index contributed by atoms with van der Waals surface area (Å²) in [6, 6.07) is 53.9. The molecule has 0 N–H and O–H groups in total. The van der Waals surface area contributed by atoms with Crippen LogP contribution in [-0.4, -0.2) is 8.07 Å². The Hall–Kier alpha value is -6.04. The molecule has 4 nitrogen and oxygen atoms in total. The zero-order valence-corrected chi connectivity index (χ0v) is 33.1. The van der Waals surface area contributed by atoms with Gasteiger partial charge in [-0.2, -0.15) is 0 Å². The molecular formula is C50H43NO3Si. The fourth-order valence-electron chi connectivity index (χ4n) is 9.15. The highest BCUT2D eigenvalue weighted by molar-refractivity contribution is 7.01. The first-order valence-electron chi connectivity index (χ1n) is 19.2. The molecule has 0 bridgehead atoms. The molecule has 0 atom stereocenters. The summed E-state index contributed by atoms with van der Waals surface area (Å²) < 4.78 is 20.6. The zero-order chi connectivity index (χ0) is 37.7. The molecule has 0 amide bonds. The van der Waals surface area contributed by atoms with E-state index in [1.807, 2.05) is 6.07 Å². The Balaban J connectivity index is 1.15. The molecule has 0 spiro atoms. The summed E-state index contributed by atoms with van der Waals surface area (Å²) in [5.74, 6) is 5.41. The van der Waals surface area contributed by atoms with Gasteiger partial charge in [0.15, 0.2) is 11.5 Å². The SMILES string of the molecule is CC1(C)c2ccccc2Oc2c(-c3ccc(N(c4cccc5c4Oc4ccccc4C5(C)C)c4cccc5c4Oc4ccccc4[Si]5(C)C)cc3)cccc21. The summed E-state index contributed by atoms with van der Waals surface area (Å²) in [7, 11) is -2.11. The number of hydrogen-bond donors (Lipinski definition) is 0. The van der Waals surface area contributed by atoms with Crippen LogP contribution in [0.25, 0.3) is 11.1 Å². The van der Waals surface area contributed by atoms with E-state index >= 15 is 0 Å². The molecule has 0 saturated carbocycles. The van der Waals surface area contributed by atoms with E-state index in [0.29, 0.717) is 0 Å². The van der Waals surface area contributed by atoms with E-state index in [1.165, 1.54) is 27.1 Å². The minimum absolute atomic E-state index is 0.197. The first kappa shape index (κ1) is 33.5. The van der Waals surface area contributed by atoms with Crippen LogP contribution < -0.4 is 29.5 Å². The largest absolute Gasteiger partial charge is 0.456 e. The molecule has 0 saturated heterocycles. The minimum Gasteiger partial charge on any atom is -0.456 e. The van der Waals surface area contributed by atoms with Crippen molar-refractivity contribution >= 4 is 35.5 Å². The first-order chi connectivity index (χ1) is 26.5. The van der Waals surface area contributed by atoms with Crippen molar-refractivity contribution in [2.75, 3.05) is 4.90 Å². The quantitative estimate of drug-likeness (QED) is 0.169. The third kappa shape index (κ3) is 4.96. The number of ether oxygens (including phenoxy) is 3. The smallest absolute Gasteiger partial charge is 0.155 e. The molecule has 0 radical (unpaired) electrons. The van der Waals surface area contributed by atoms with Crippen molar-refractivity contribution in [2.24, 2.45) is 0 Å². The third-order valence-electron chi connectivity index (χ3n) is 12.3. The average molecular weight is 734 g/mol. The Morgan fingerprint density at radius 1 is 0.418 bits per heavy atom. The fourth-order valence-corrected chi connectivity index (χ4v) is 12.0. The van der Waals surface area contributed by atoms with Crippen LogP contribution in [0.4, 0.5) is 17.1 Å². The maximum atomic E-state index is 6.95. The molecule has 7 aromatic carbocycles. The van der Waals surface area contributed by atoms with Gasteiger partial charge in [0, 0.05) is 44.3 Å². The lowest BCUT2D eigenvalue weighted by molar-refractivity contribution is 0.419. The Morgan fingerprint density at radius 2 is 0.891 bits per heavy atom. The van der Waals surface area contributed by atoms with Gasteiger partial charge in [-0.3, -0.25) is 0 Å². The minimum atomic E-state index is -2.11. The molecule has 3 aliphatic rings. The van der Waals surface area contributed by atoms with Gasteiger partial charge >= 0.3 is 0 Å². The van der Waals surface area contributed by atoms with Gasteiger partial charge in [0.1, 0.15) is 31.1 Å². The lowest BCUT2D eigenvalue weighted by Gasteiger charge is -2.39. The lowest BCUT2D eigenvalue weighted by atomic mass is 9.75. The van der Waals surface area contributed by atoms with Gasteiger partial charge in [-0.05, 0) is 58.4 Å². The van der Waals surface area contributed by atoms with E-state index < -0.39 is 8.07 Å². The summed E-state index contributed by atoms with van der Waals surface area (Å²) in [6.07, 6.45) is 0. The summed E-state index contributed by atoms with van der Waals surface area (Å²) in [5, 5.41) is 2.59. The van der Waals surface area contributed by atoms with Gasteiger partial charge in [0.25, 0.3) is 0 Å². The van der Waals surface area contributed by atoms with Gasteiger partial charge < -0.3 is 19.1 Å². The molecule has 3 heterocycles. The van der Waals surface area contributed by atoms with Gasteiger partial charge in [0.05, 0.1) is 11.4 Å². The van der Waals surface area contributed by atoms with Crippen LogP contribution in [0.2, 0.25) is 13.1 Å². The number of nitrogens with zero attached hydrogens (tertiary/aromatic N) is 1. The molecule has 0 fully saturated rings. The second-order valence-electron chi connectivity index (χ2n) is 16.5. The first-order valence-corrected chi connectivity index (χ1v) is 22.2. The highest BCUT2D eigenvalue weighted by Crippen LogP contribution is 2.55. The molecule has 7 aromatic rings. The number of benzene rings is 7. The number of hydrogen-bond acceptors (Lipinski definition) is 4. The van der Waals surface area contributed by atoms with Crippen LogP contribution in [0.15, 0.2) is 152 Å². The van der Waals surface area contributed by atoms with E-state index in [2.05, 4.69) is 191 Å². The Morgan fingerprint density at radius 3 is 1.56 bits per heavy atom. The highest BCUT2D eigenvalue weighted by atomic mass is 28.3. The van der Waals surface area contributed by atoms with Gasteiger partial charge in [-0.25, -0.2) is 0 Å². The van der Waals surface area contributed by atoms with E-state index in [-0.39, 0.29) is 10.8 Å². The zero-order valence-electron chi connectivity index (χ0n) is 32.1. The van der Waals surface area contributed by atoms with Crippen LogP contribution >= 0.6 is 0 Å². The third-order valence-corrected chi connectivity index (χ3v) is 15.8. The average Bonchev–Trinajstić information content (AvgIpc) is 3.19. The van der Waals surface area contributed by atoms with Crippen molar-refractivity contribution in [3.05, 3.63) is 174 Å². The number of fused-ring (bicyclic) bond motifs is 6. The fraction of sp³-hybridized carbons (Fsp3) is 0.160. The summed E-state index contributed by atoms with van der Waals surface area (Å²) in [6.45, 7) is 14.0. The maximum Gasteiger partial charge on any atom is 0.155 e. The Labute approximate surface area is 324 Å². The standard InChI is InChI=1S/C50H43NO3Si/c1-49(2)35-17-7-9-23-41(35)52-46-34(16-13-19-37(46)49)32-28-30-33(31-29-32)51(39-21-14-20-38-47(39)53-42-24-10-8-18-36(42)50(38,3)4)40-22-15-27-45-48(40)54-43-25-11-12-26-44(43)55(45,5)6/h7-31H,1-6H3. The van der Waals surface area contributed by atoms with Crippen LogP contribution in [0.5, 0.6) is 34.5 Å². The van der Waals surface area contributed by atoms with E-state index in [0.717, 1.165) is 68.2 Å². The summed E-state index contributed by atoms with van der Waals surface area (Å²) in [5.41, 5.74) is 9.35. The molecule has 0 aromatic heterocycles. The second kappa shape index (κ2) is 12.0. The number of anilines is 3. The van der Waals surface area contributed by atoms with Crippen LogP contribution in [-0.2, 0) is 10.8 Å². The van der Waals surface area contributed by atoms with Gasteiger partial charge in [-0.15, -0.1) is 0 Å². The summed E-state index contributed by atoms with van der Waals surface area (Å²) >= 11 is 0. The lowest BCUT2D eigenvalue weighted by Crippen LogP contribution is -2.56. The number of rotatable bonds is 4. The Bertz CT molecular complexity index is 2570. The van der Waals surface area contributed by atoms with Crippen molar-refractivity contribution in [1.82, 2.24) is 0 Å². The molecule has 0 unspecified atom stereocenters. The van der Waals surface area contributed by atoms with Crippen molar-refractivity contribution in [1.29, 1.82) is 0 Å². The highest BCUT2D eigenvalue weighted by Gasteiger charge is 2.41. The van der Waals surface area contributed by atoms with Crippen LogP contribution in [0.1, 0.15) is 49.9 Å². The van der Waals surface area contributed by atoms with Crippen molar-refractivity contribution in [3.63, 3.8) is 0 Å². The van der Waals surface area contributed by atoms with E-state index in [1.54, 1.807) is 0 Å². The summed E-state index contributed by atoms with van der Waals surface area (Å²) in [4.78, 5) is 2.33. The van der Waals surface area contributed by atoms with E-state index in [9.17, 15) is 0 Å². The van der Waals surface area contributed by atoms with Crippen molar-refractivity contribution in [2.45, 2.75) is 51.6 Å². The molecule has 0 aliphatic carbocycles. The molecule has 5 heteroatoms. The van der Waals surface area contributed by atoms with Gasteiger partial charge in [0.2, 0.25) is 0 Å². The molecule has 3 aliphatic heterocycles. The predicted octanol–water partition coefficient (Wildman–Crippen LogP) is 12.6. The molecular weight excluding hydrogens is 691 g/mol. The van der Waals surface area contributed by atoms with Crippen LogP contribution in [0.3, 0.4) is 0 Å². The van der Waals surface area contributed by atoms with Gasteiger partial charge in [-0.1, -0.05) is 150 Å². The topological polar surface area (TPSA) is 30.9 Å². The normalized spacial score (nSPS) is 16.0. The number of para-hydroxylation sites is 6. The molecule has 10 rings (SSSR count). The monoisotopic (exact) mass is 733 g/mol. The van der Waals surface area contributed by atoms with Crippen molar-refractivity contribution in [3.8, 4) is 45.6 Å². The van der Waals surface area contributed by atoms with Crippen LogP contribution in [0, 0.1) is 0 Å². The van der Waals surface area contributed by atoms with Crippen molar-refractivity contribution < 1.29 is 14.2 Å².